The van der Waals surface area contributed by atoms with Gasteiger partial charge in [-0.05, 0) is 43.0 Å². The SMILES string of the molecule is CC(=O)Nc1cccc(-c2cnc(C(=O)N[C@@H]3C[C@@H]4CCN(C4)C3)s2)c1. The van der Waals surface area contributed by atoms with E-state index < -0.39 is 0 Å². The maximum absolute atomic E-state index is 12.6. The van der Waals surface area contributed by atoms with Crippen LogP contribution in [0.4, 0.5) is 5.69 Å². The van der Waals surface area contributed by atoms with Crippen molar-refractivity contribution in [3.8, 4) is 10.4 Å². The van der Waals surface area contributed by atoms with Crippen molar-refractivity contribution in [2.24, 2.45) is 5.92 Å². The number of nitrogens with one attached hydrogen (secondary N) is 2. The van der Waals surface area contributed by atoms with Crippen molar-refractivity contribution >= 4 is 28.8 Å². The van der Waals surface area contributed by atoms with Gasteiger partial charge >= 0.3 is 0 Å². The molecular weight excluding hydrogens is 348 g/mol. The summed E-state index contributed by atoms with van der Waals surface area (Å²) in [6, 6.07) is 7.78. The number of benzene rings is 1. The van der Waals surface area contributed by atoms with Gasteiger partial charge in [0.25, 0.3) is 5.91 Å². The third kappa shape index (κ3) is 3.78. The van der Waals surface area contributed by atoms with E-state index in [2.05, 4.69) is 20.5 Å². The number of rotatable bonds is 4. The molecule has 2 aliphatic rings. The van der Waals surface area contributed by atoms with Crippen LogP contribution in [-0.4, -0.2) is 47.4 Å². The molecule has 1 unspecified atom stereocenters. The van der Waals surface area contributed by atoms with Crippen LogP contribution in [0.1, 0.15) is 29.6 Å². The van der Waals surface area contributed by atoms with E-state index in [0.717, 1.165) is 41.6 Å². The fourth-order valence-corrected chi connectivity index (χ4v) is 4.69. The highest BCUT2D eigenvalue weighted by Crippen LogP contribution is 2.29. The predicted molar refractivity (Wildman–Crippen MR) is 102 cm³/mol. The number of carbonyl (C=O) groups excluding carboxylic acids is 2. The van der Waals surface area contributed by atoms with Gasteiger partial charge in [-0.25, -0.2) is 4.98 Å². The highest BCUT2D eigenvalue weighted by molar-refractivity contribution is 7.17. The Morgan fingerprint density at radius 1 is 1.31 bits per heavy atom. The van der Waals surface area contributed by atoms with Gasteiger partial charge in [0.2, 0.25) is 5.91 Å². The van der Waals surface area contributed by atoms with Gasteiger partial charge in [0, 0.05) is 37.9 Å². The molecule has 26 heavy (non-hydrogen) atoms. The molecule has 0 spiro atoms. The molecule has 136 valence electrons. The molecule has 2 fully saturated rings. The molecule has 3 heterocycles. The fraction of sp³-hybridized carbons (Fsp3) is 0.421. The summed E-state index contributed by atoms with van der Waals surface area (Å²) in [6.45, 7) is 4.76. The standard InChI is InChI=1S/C19H22N4O2S/c1-12(24)21-15-4-2-3-14(8-15)17-9-20-19(26-17)18(25)22-16-7-13-5-6-23(10-13)11-16/h2-4,8-9,13,16H,5-7,10-11H2,1H3,(H,21,24)(H,22,25)/t13-,16+/m0/s1. The minimum Gasteiger partial charge on any atom is -0.346 e. The first-order valence-corrected chi connectivity index (χ1v) is 9.75. The molecule has 0 aliphatic carbocycles. The summed E-state index contributed by atoms with van der Waals surface area (Å²) in [6.07, 6.45) is 4.04. The highest BCUT2D eigenvalue weighted by atomic mass is 32.1. The molecule has 7 heteroatoms. The Morgan fingerprint density at radius 3 is 3.00 bits per heavy atom. The van der Waals surface area contributed by atoms with Crippen molar-refractivity contribution in [3.63, 3.8) is 0 Å². The molecule has 2 bridgehead atoms. The van der Waals surface area contributed by atoms with Crippen LogP contribution in [0, 0.1) is 5.92 Å². The Morgan fingerprint density at radius 2 is 2.19 bits per heavy atom. The van der Waals surface area contributed by atoms with Gasteiger partial charge in [-0.2, -0.15) is 0 Å². The van der Waals surface area contributed by atoms with Crippen molar-refractivity contribution in [1.82, 2.24) is 15.2 Å². The Balaban J connectivity index is 1.44. The van der Waals surface area contributed by atoms with Gasteiger partial charge in [0.15, 0.2) is 5.01 Å². The van der Waals surface area contributed by atoms with Crippen molar-refractivity contribution < 1.29 is 9.59 Å². The lowest BCUT2D eigenvalue weighted by molar-refractivity contribution is -0.114. The number of hydrogen-bond acceptors (Lipinski definition) is 5. The largest absolute Gasteiger partial charge is 0.346 e. The molecule has 1 aromatic heterocycles. The summed E-state index contributed by atoms with van der Waals surface area (Å²) in [5, 5.41) is 6.41. The second-order valence-corrected chi connectivity index (χ2v) is 8.14. The van der Waals surface area contributed by atoms with Crippen molar-refractivity contribution in [3.05, 3.63) is 35.5 Å². The highest BCUT2D eigenvalue weighted by Gasteiger charge is 2.33. The number of hydrogen-bond donors (Lipinski definition) is 2. The molecule has 6 nitrogen and oxygen atoms in total. The average molecular weight is 370 g/mol. The molecule has 2 aliphatic heterocycles. The number of aromatic nitrogens is 1. The lowest BCUT2D eigenvalue weighted by Crippen LogP contribution is -2.46. The van der Waals surface area contributed by atoms with Crippen LogP contribution in [0.5, 0.6) is 0 Å². The summed E-state index contributed by atoms with van der Waals surface area (Å²) in [4.78, 5) is 31.4. The minimum atomic E-state index is -0.108. The first kappa shape index (κ1) is 17.2. The van der Waals surface area contributed by atoms with Crippen LogP contribution in [0.3, 0.4) is 0 Å². The quantitative estimate of drug-likeness (QED) is 0.868. The van der Waals surface area contributed by atoms with Crippen LogP contribution in [-0.2, 0) is 4.79 Å². The summed E-state index contributed by atoms with van der Waals surface area (Å²) in [5.41, 5.74) is 1.68. The zero-order valence-electron chi connectivity index (χ0n) is 14.7. The Labute approximate surface area is 156 Å². The molecular formula is C19H22N4O2S. The van der Waals surface area contributed by atoms with E-state index in [-0.39, 0.29) is 17.9 Å². The molecule has 4 rings (SSSR count). The van der Waals surface area contributed by atoms with Crippen LogP contribution >= 0.6 is 11.3 Å². The van der Waals surface area contributed by atoms with Gasteiger partial charge in [-0.1, -0.05) is 12.1 Å². The van der Waals surface area contributed by atoms with E-state index in [1.54, 1.807) is 6.20 Å². The third-order valence-corrected chi connectivity index (χ3v) is 6.01. The molecule has 0 radical (unpaired) electrons. The van der Waals surface area contributed by atoms with Gasteiger partial charge in [0.1, 0.15) is 0 Å². The maximum atomic E-state index is 12.6. The summed E-state index contributed by atoms with van der Waals surface area (Å²) in [7, 11) is 0. The first-order chi connectivity index (χ1) is 12.6. The summed E-state index contributed by atoms with van der Waals surface area (Å²) in [5.74, 6) is 0.521. The first-order valence-electron chi connectivity index (χ1n) is 8.94. The monoisotopic (exact) mass is 370 g/mol. The van der Waals surface area contributed by atoms with Crippen LogP contribution in [0.15, 0.2) is 30.5 Å². The van der Waals surface area contributed by atoms with Gasteiger partial charge in [0.05, 0.1) is 4.88 Å². The summed E-state index contributed by atoms with van der Waals surface area (Å²) < 4.78 is 0. The number of anilines is 1. The molecule has 2 aromatic rings. The second-order valence-electron chi connectivity index (χ2n) is 7.11. The van der Waals surface area contributed by atoms with Gasteiger partial charge < -0.3 is 15.5 Å². The number of thiazole rings is 1. The summed E-state index contributed by atoms with van der Waals surface area (Å²) >= 11 is 1.38. The molecule has 2 saturated heterocycles. The van der Waals surface area contributed by atoms with Crippen molar-refractivity contribution in [2.75, 3.05) is 25.0 Å². The molecule has 2 amide bonds. The predicted octanol–water partition coefficient (Wildman–Crippen LogP) is 2.59. The van der Waals surface area contributed by atoms with E-state index in [4.69, 9.17) is 0 Å². The van der Waals surface area contributed by atoms with E-state index in [1.165, 1.54) is 31.2 Å². The number of fused-ring (bicyclic) bond motifs is 2. The minimum absolute atomic E-state index is 0.0910. The van der Waals surface area contributed by atoms with Crippen LogP contribution in [0.25, 0.3) is 10.4 Å². The maximum Gasteiger partial charge on any atom is 0.280 e. The van der Waals surface area contributed by atoms with E-state index in [0.29, 0.717) is 5.01 Å². The average Bonchev–Trinajstić information content (AvgIpc) is 3.21. The smallest absolute Gasteiger partial charge is 0.280 e. The lowest BCUT2D eigenvalue weighted by Gasteiger charge is -2.30. The topological polar surface area (TPSA) is 74.3 Å². The lowest BCUT2D eigenvalue weighted by atomic mass is 9.97. The normalized spacial score (nSPS) is 24.3. The Hall–Kier alpha value is -2.25. The number of nitrogens with zero attached hydrogens (tertiary/aromatic N) is 2. The van der Waals surface area contributed by atoms with E-state index in [9.17, 15) is 9.59 Å². The Bertz CT molecular complexity index is 822. The van der Waals surface area contributed by atoms with Crippen LogP contribution in [0.2, 0.25) is 0 Å². The molecule has 0 saturated carbocycles. The van der Waals surface area contributed by atoms with E-state index >= 15 is 0 Å². The number of carbonyl (C=O) groups is 2. The Kier molecular flexibility index (Phi) is 4.74. The number of amides is 2. The van der Waals surface area contributed by atoms with Crippen LogP contribution < -0.4 is 10.6 Å². The molecule has 1 aromatic carbocycles. The molecule has 3 atom stereocenters. The number of piperidine rings is 1. The van der Waals surface area contributed by atoms with Crippen molar-refractivity contribution in [2.45, 2.75) is 25.8 Å². The fourth-order valence-electron chi connectivity index (χ4n) is 3.88. The molecule has 2 N–H and O–H groups in total. The third-order valence-electron chi connectivity index (χ3n) is 4.97. The second kappa shape index (κ2) is 7.17. The zero-order valence-corrected chi connectivity index (χ0v) is 15.5. The van der Waals surface area contributed by atoms with Gasteiger partial charge in [-0.3, -0.25) is 9.59 Å². The van der Waals surface area contributed by atoms with Gasteiger partial charge in [-0.15, -0.1) is 11.3 Å². The van der Waals surface area contributed by atoms with E-state index in [1.807, 2.05) is 24.3 Å². The zero-order chi connectivity index (χ0) is 18.1. The van der Waals surface area contributed by atoms with Crippen molar-refractivity contribution in [1.29, 1.82) is 0 Å².